The van der Waals surface area contributed by atoms with Gasteiger partial charge in [-0.25, -0.2) is 4.79 Å². The van der Waals surface area contributed by atoms with E-state index in [1.165, 1.54) is 19.1 Å². The van der Waals surface area contributed by atoms with E-state index in [1.807, 2.05) is 0 Å². The highest BCUT2D eigenvalue weighted by Crippen LogP contribution is 2.33. The lowest BCUT2D eigenvalue weighted by atomic mass is 9.97. The standard InChI is InChI=1S/C17H23NO6/c1-17(2,11-8-12(22-3)10-13(9-11)23-4)24-16(21)18-7-5-6-14(18)15(19)20/h8-10,14H,5-7H2,1-4H3,(H,19,20)/p-1/t14-/m0/s1. The zero-order chi connectivity index (χ0) is 17.9. The molecular weight excluding hydrogens is 314 g/mol. The largest absolute Gasteiger partial charge is 0.548 e. The molecule has 1 aliphatic heterocycles. The van der Waals surface area contributed by atoms with Crippen molar-refractivity contribution in [3.05, 3.63) is 23.8 Å². The van der Waals surface area contributed by atoms with E-state index >= 15 is 0 Å². The average molecular weight is 336 g/mol. The fraction of sp³-hybridized carbons (Fsp3) is 0.529. The lowest BCUT2D eigenvalue weighted by molar-refractivity contribution is -0.310. The predicted molar refractivity (Wildman–Crippen MR) is 83.8 cm³/mol. The first-order valence-corrected chi connectivity index (χ1v) is 7.72. The molecule has 0 spiro atoms. The Kier molecular flexibility index (Phi) is 5.21. The molecular formula is C17H22NO6-. The number of rotatable bonds is 5. The Morgan fingerprint density at radius 3 is 2.25 bits per heavy atom. The minimum absolute atomic E-state index is 0.342. The van der Waals surface area contributed by atoms with E-state index in [1.54, 1.807) is 32.0 Å². The third-order valence-corrected chi connectivity index (χ3v) is 4.15. The molecule has 1 atom stereocenters. The van der Waals surface area contributed by atoms with Crippen LogP contribution in [0, 0.1) is 0 Å². The molecule has 1 aliphatic rings. The molecule has 7 heteroatoms. The van der Waals surface area contributed by atoms with Crippen LogP contribution in [0.2, 0.25) is 0 Å². The molecule has 0 radical (unpaired) electrons. The van der Waals surface area contributed by atoms with Gasteiger partial charge in [-0.3, -0.25) is 4.90 Å². The molecule has 0 aliphatic carbocycles. The van der Waals surface area contributed by atoms with E-state index in [4.69, 9.17) is 14.2 Å². The van der Waals surface area contributed by atoms with Crippen LogP contribution in [0.5, 0.6) is 11.5 Å². The number of hydrogen-bond acceptors (Lipinski definition) is 6. The van der Waals surface area contributed by atoms with Gasteiger partial charge in [0, 0.05) is 18.2 Å². The number of carboxylic acids is 1. The Labute approximate surface area is 141 Å². The van der Waals surface area contributed by atoms with Gasteiger partial charge in [-0.15, -0.1) is 0 Å². The third kappa shape index (κ3) is 3.72. The Morgan fingerprint density at radius 2 is 1.75 bits per heavy atom. The molecule has 0 saturated carbocycles. The SMILES string of the molecule is COc1cc(OC)cc(C(C)(C)OC(=O)N2CCC[C@H]2C(=O)[O-])c1. The fourth-order valence-electron chi connectivity index (χ4n) is 2.72. The van der Waals surface area contributed by atoms with E-state index in [2.05, 4.69) is 0 Å². The van der Waals surface area contributed by atoms with Gasteiger partial charge in [-0.1, -0.05) is 0 Å². The molecule has 2 rings (SSSR count). The quantitative estimate of drug-likeness (QED) is 0.805. The van der Waals surface area contributed by atoms with Crippen LogP contribution in [-0.2, 0) is 15.1 Å². The Hall–Kier alpha value is -2.44. The third-order valence-electron chi connectivity index (χ3n) is 4.15. The topological polar surface area (TPSA) is 88.1 Å². The summed E-state index contributed by atoms with van der Waals surface area (Å²) in [6.45, 7) is 3.79. The minimum atomic E-state index is -1.26. The number of carbonyl (C=O) groups is 2. The summed E-state index contributed by atoms with van der Waals surface area (Å²) < 4.78 is 16.0. The first kappa shape index (κ1) is 17.9. The van der Waals surface area contributed by atoms with E-state index in [9.17, 15) is 14.7 Å². The summed E-state index contributed by atoms with van der Waals surface area (Å²) in [7, 11) is 3.07. The van der Waals surface area contributed by atoms with Gasteiger partial charge in [-0.05, 0) is 38.8 Å². The predicted octanol–water partition coefficient (Wildman–Crippen LogP) is 1.29. The van der Waals surface area contributed by atoms with Crippen molar-refractivity contribution in [1.29, 1.82) is 0 Å². The molecule has 0 bridgehead atoms. The molecule has 0 unspecified atom stereocenters. The Bertz CT molecular complexity index is 605. The van der Waals surface area contributed by atoms with Gasteiger partial charge in [0.25, 0.3) is 0 Å². The van der Waals surface area contributed by atoms with E-state index < -0.39 is 23.7 Å². The van der Waals surface area contributed by atoms with Gasteiger partial charge in [0.2, 0.25) is 0 Å². The monoisotopic (exact) mass is 336 g/mol. The number of nitrogens with zero attached hydrogens (tertiary/aromatic N) is 1. The highest BCUT2D eigenvalue weighted by atomic mass is 16.6. The van der Waals surface area contributed by atoms with Crippen LogP contribution in [0.15, 0.2) is 18.2 Å². The molecule has 1 aromatic rings. The lowest BCUT2D eigenvalue weighted by Gasteiger charge is -2.31. The second-order valence-electron chi connectivity index (χ2n) is 6.15. The van der Waals surface area contributed by atoms with Crippen LogP contribution in [0.25, 0.3) is 0 Å². The molecule has 1 heterocycles. The van der Waals surface area contributed by atoms with Gasteiger partial charge in [0.1, 0.15) is 17.1 Å². The molecule has 7 nitrogen and oxygen atoms in total. The van der Waals surface area contributed by atoms with Crippen molar-refractivity contribution in [2.75, 3.05) is 20.8 Å². The van der Waals surface area contributed by atoms with Crippen LogP contribution in [0.1, 0.15) is 32.3 Å². The van der Waals surface area contributed by atoms with E-state index in [0.29, 0.717) is 36.4 Å². The Morgan fingerprint density at radius 1 is 1.17 bits per heavy atom. The minimum Gasteiger partial charge on any atom is -0.548 e. The van der Waals surface area contributed by atoms with Crippen LogP contribution in [0.4, 0.5) is 4.79 Å². The summed E-state index contributed by atoms with van der Waals surface area (Å²) in [5.74, 6) is -0.116. The second kappa shape index (κ2) is 6.98. The van der Waals surface area contributed by atoms with Gasteiger partial charge in [0.15, 0.2) is 0 Å². The van der Waals surface area contributed by atoms with E-state index in [-0.39, 0.29) is 0 Å². The van der Waals surface area contributed by atoms with Crippen molar-refractivity contribution in [3.63, 3.8) is 0 Å². The zero-order valence-corrected chi connectivity index (χ0v) is 14.3. The van der Waals surface area contributed by atoms with Crippen molar-refractivity contribution < 1.29 is 28.9 Å². The molecule has 1 saturated heterocycles. The van der Waals surface area contributed by atoms with Crippen molar-refractivity contribution in [3.8, 4) is 11.5 Å². The summed E-state index contributed by atoms with van der Waals surface area (Å²) in [4.78, 5) is 24.7. The van der Waals surface area contributed by atoms with Crippen molar-refractivity contribution >= 4 is 12.1 Å². The molecule has 1 fully saturated rings. The molecule has 0 aromatic heterocycles. The average Bonchev–Trinajstić information content (AvgIpc) is 3.04. The van der Waals surface area contributed by atoms with Crippen molar-refractivity contribution in [2.24, 2.45) is 0 Å². The summed E-state index contributed by atoms with van der Waals surface area (Å²) in [6.07, 6.45) is 0.319. The lowest BCUT2D eigenvalue weighted by Crippen LogP contribution is -2.48. The summed E-state index contributed by atoms with van der Waals surface area (Å²) in [5.41, 5.74) is -0.311. The van der Waals surface area contributed by atoms with Gasteiger partial charge >= 0.3 is 6.09 Å². The summed E-state index contributed by atoms with van der Waals surface area (Å²) in [5, 5.41) is 11.1. The van der Waals surface area contributed by atoms with Crippen molar-refractivity contribution in [2.45, 2.75) is 38.3 Å². The number of carbonyl (C=O) groups excluding carboxylic acids is 2. The number of ether oxygens (including phenoxy) is 3. The normalized spacial score (nSPS) is 17.5. The van der Waals surface area contributed by atoms with Crippen LogP contribution < -0.4 is 14.6 Å². The van der Waals surface area contributed by atoms with Crippen LogP contribution >= 0.6 is 0 Å². The molecule has 1 amide bonds. The summed E-state index contributed by atoms with van der Waals surface area (Å²) in [6, 6.07) is 4.27. The van der Waals surface area contributed by atoms with Gasteiger partial charge < -0.3 is 24.1 Å². The maximum absolute atomic E-state index is 12.4. The number of amides is 1. The number of benzene rings is 1. The smallest absolute Gasteiger partial charge is 0.411 e. The highest BCUT2D eigenvalue weighted by Gasteiger charge is 2.35. The maximum atomic E-state index is 12.4. The summed E-state index contributed by atoms with van der Waals surface area (Å²) >= 11 is 0. The number of methoxy groups -OCH3 is 2. The number of aliphatic carboxylic acids is 1. The number of hydrogen-bond donors (Lipinski definition) is 0. The molecule has 1 aromatic carbocycles. The first-order valence-electron chi connectivity index (χ1n) is 7.72. The van der Waals surface area contributed by atoms with E-state index in [0.717, 1.165) is 0 Å². The molecule has 24 heavy (non-hydrogen) atoms. The van der Waals surface area contributed by atoms with Gasteiger partial charge in [0.05, 0.1) is 26.2 Å². The maximum Gasteiger partial charge on any atom is 0.411 e. The van der Waals surface area contributed by atoms with Gasteiger partial charge in [-0.2, -0.15) is 0 Å². The van der Waals surface area contributed by atoms with Crippen molar-refractivity contribution in [1.82, 2.24) is 4.90 Å². The van der Waals surface area contributed by atoms with Crippen LogP contribution in [0.3, 0.4) is 0 Å². The number of likely N-dealkylation sites (tertiary alicyclic amines) is 1. The zero-order valence-electron chi connectivity index (χ0n) is 14.3. The molecule has 132 valence electrons. The van der Waals surface area contributed by atoms with Crippen LogP contribution in [-0.4, -0.2) is 43.8 Å². The Balaban J connectivity index is 2.21. The molecule has 0 N–H and O–H groups in total. The number of carboxylic acid groups (broad SMARTS) is 1. The second-order valence-corrected chi connectivity index (χ2v) is 6.15. The first-order chi connectivity index (χ1) is 11.3. The fourth-order valence-corrected chi connectivity index (χ4v) is 2.72. The highest BCUT2D eigenvalue weighted by molar-refractivity contribution is 5.79.